The van der Waals surface area contributed by atoms with E-state index in [4.69, 9.17) is 0 Å². The van der Waals surface area contributed by atoms with Gasteiger partial charge in [-0.05, 0) is 31.0 Å². The molecule has 0 bridgehead atoms. The van der Waals surface area contributed by atoms with Gasteiger partial charge >= 0.3 is 5.97 Å². The van der Waals surface area contributed by atoms with Gasteiger partial charge in [-0.3, -0.25) is 0 Å². The van der Waals surface area contributed by atoms with E-state index in [0.29, 0.717) is 11.0 Å². The Morgan fingerprint density at radius 2 is 2.06 bits per heavy atom. The van der Waals surface area contributed by atoms with E-state index in [1.807, 2.05) is 12.1 Å². The maximum atomic E-state index is 11.2. The molecule has 1 aromatic rings. The lowest BCUT2D eigenvalue weighted by Gasteiger charge is -2.57. The van der Waals surface area contributed by atoms with Gasteiger partial charge in [0, 0.05) is 23.0 Å². The molecule has 2 fully saturated rings. The Bertz CT molecular complexity index is 474. The average Bonchev–Trinajstić information content (AvgIpc) is 2.15. The van der Waals surface area contributed by atoms with Crippen molar-refractivity contribution >= 4 is 27.6 Å². The first kappa shape index (κ1) is 11.1. The quantitative estimate of drug-likeness (QED) is 0.911. The maximum Gasteiger partial charge on any atom is 0.337 e. The van der Waals surface area contributed by atoms with Crippen LogP contribution in [0.5, 0.6) is 0 Å². The lowest BCUT2D eigenvalue weighted by atomic mass is 9.63. The highest BCUT2D eigenvalue weighted by molar-refractivity contribution is 9.10. The topological polar surface area (TPSA) is 40.5 Å². The van der Waals surface area contributed by atoms with Crippen LogP contribution < -0.4 is 4.90 Å². The van der Waals surface area contributed by atoms with Crippen LogP contribution in [0, 0.1) is 5.41 Å². The number of aromatic carboxylic acids is 1. The lowest BCUT2D eigenvalue weighted by molar-refractivity contribution is 0.0690. The van der Waals surface area contributed by atoms with Crippen LogP contribution >= 0.6 is 15.9 Å². The largest absolute Gasteiger partial charge is 0.478 e. The van der Waals surface area contributed by atoms with Crippen LogP contribution in [0.15, 0.2) is 22.7 Å². The summed E-state index contributed by atoms with van der Waals surface area (Å²) in [5, 5.41) is 9.21. The second-order valence-corrected chi connectivity index (χ2v) is 6.09. The third kappa shape index (κ3) is 1.75. The monoisotopic (exact) mass is 295 g/mol. The second kappa shape index (κ2) is 3.73. The summed E-state index contributed by atoms with van der Waals surface area (Å²) in [6, 6.07) is 5.50. The minimum atomic E-state index is -0.851. The van der Waals surface area contributed by atoms with Crippen LogP contribution in [0.2, 0.25) is 0 Å². The molecule has 0 atom stereocenters. The molecule has 1 spiro atoms. The number of hydrogen-bond acceptors (Lipinski definition) is 2. The summed E-state index contributed by atoms with van der Waals surface area (Å²) in [6.07, 6.45) is 3.95. The lowest BCUT2D eigenvalue weighted by Crippen LogP contribution is -2.60. The highest BCUT2D eigenvalue weighted by atomic mass is 79.9. The Morgan fingerprint density at radius 1 is 1.35 bits per heavy atom. The highest BCUT2D eigenvalue weighted by Crippen LogP contribution is 2.50. The van der Waals surface area contributed by atoms with Crippen molar-refractivity contribution in [2.24, 2.45) is 5.41 Å². The first-order valence-electron chi connectivity index (χ1n) is 5.88. The van der Waals surface area contributed by atoms with Crippen LogP contribution in [0.1, 0.15) is 29.6 Å². The van der Waals surface area contributed by atoms with Crippen molar-refractivity contribution in [1.82, 2.24) is 0 Å². The van der Waals surface area contributed by atoms with Crippen LogP contribution in [-0.2, 0) is 0 Å². The smallest absolute Gasteiger partial charge is 0.337 e. The summed E-state index contributed by atoms with van der Waals surface area (Å²) in [5.41, 5.74) is 1.77. The zero-order valence-electron chi connectivity index (χ0n) is 9.45. The van der Waals surface area contributed by atoms with Gasteiger partial charge < -0.3 is 10.0 Å². The van der Waals surface area contributed by atoms with E-state index in [1.165, 1.54) is 19.3 Å². The van der Waals surface area contributed by atoms with Crippen molar-refractivity contribution in [3.8, 4) is 0 Å². The SMILES string of the molecule is O=C(O)c1cc(Br)ccc1N1CC2(CCC2)C1. The molecule has 0 radical (unpaired) electrons. The Hall–Kier alpha value is -1.03. The molecule has 4 heteroatoms. The summed E-state index contributed by atoms with van der Waals surface area (Å²) < 4.78 is 0.817. The molecule has 17 heavy (non-hydrogen) atoms. The van der Waals surface area contributed by atoms with Crippen molar-refractivity contribution < 1.29 is 9.90 Å². The zero-order chi connectivity index (χ0) is 12.0. The highest BCUT2D eigenvalue weighted by Gasteiger charge is 2.47. The predicted octanol–water partition coefficient (Wildman–Crippen LogP) is 3.14. The standard InChI is InChI=1S/C13H14BrNO2/c14-9-2-3-11(10(6-9)12(16)17)15-7-13(8-15)4-1-5-13/h2-3,6H,1,4-5,7-8H2,(H,16,17). The first-order chi connectivity index (χ1) is 8.10. The van der Waals surface area contributed by atoms with Gasteiger partial charge in [0.25, 0.3) is 0 Å². The fourth-order valence-electron chi connectivity index (χ4n) is 2.88. The number of nitrogens with zero attached hydrogens (tertiary/aromatic N) is 1. The Labute approximate surface area is 109 Å². The molecule has 2 aliphatic rings. The van der Waals surface area contributed by atoms with Crippen molar-refractivity contribution in [3.63, 3.8) is 0 Å². The van der Waals surface area contributed by atoms with Crippen LogP contribution in [-0.4, -0.2) is 24.2 Å². The molecular formula is C13H14BrNO2. The molecule has 1 saturated carbocycles. The third-order valence-electron chi connectivity index (χ3n) is 4.00. The normalized spacial score (nSPS) is 20.9. The van der Waals surface area contributed by atoms with E-state index >= 15 is 0 Å². The van der Waals surface area contributed by atoms with Crippen molar-refractivity contribution in [2.75, 3.05) is 18.0 Å². The van der Waals surface area contributed by atoms with E-state index in [2.05, 4.69) is 20.8 Å². The molecule has 1 N–H and O–H groups in total. The fourth-order valence-corrected chi connectivity index (χ4v) is 3.24. The molecule has 3 rings (SSSR count). The van der Waals surface area contributed by atoms with Gasteiger partial charge in [0.2, 0.25) is 0 Å². The van der Waals surface area contributed by atoms with Crippen LogP contribution in [0.4, 0.5) is 5.69 Å². The zero-order valence-corrected chi connectivity index (χ0v) is 11.0. The third-order valence-corrected chi connectivity index (χ3v) is 4.49. The Morgan fingerprint density at radius 3 is 2.59 bits per heavy atom. The molecule has 0 unspecified atom stereocenters. The summed E-state index contributed by atoms with van der Waals surface area (Å²) in [7, 11) is 0. The second-order valence-electron chi connectivity index (χ2n) is 5.18. The van der Waals surface area contributed by atoms with Crippen LogP contribution in [0.25, 0.3) is 0 Å². The summed E-state index contributed by atoms with van der Waals surface area (Å²) >= 11 is 3.32. The van der Waals surface area contributed by atoms with Gasteiger partial charge in [-0.15, -0.1) is 0 Å². The summed E-state index contributed by atoms with van der Waals surface area (Å²) in [4.78, 5) is 13.4. The van der Waals surface area contributed by atoms with E-state index in [-0.39, 0.29) is 0 Å². The van der Waals surface area contributed by atoms with Crippen molar-refractivity contribution in [3.05, 3.63) is 28.2 Å². The first-order valence-corrected chi connectivity index (χ1v) is 6.67. The number of halogens is 1. The molecule has 3 nitrogen and oxygen atoms in total. The number of benzene rings is 1. The fraction of sp³-hybridized carbons (Fsp3) is 0.462. The molecule has 1 aromatic carbocycles. The van der Waals surface area contributed by atoms with Gasteiger partial charge in [0.15, 0.2) is 0 Å². The molecule has 0 aromatic heterocycles. The van der Waals surface area contributed by atoms with Gasteiger partial charge in [-0.2, -0.15) is 0 Å². The number of anilines is 1. The molecule has 90 valence electrons. The van der Waals surface area contributed by atoms with E-state index in [1.54, 1.807) is 6.07 Å². The van der Waals surface area contributed by atoms with Crippen molar-refractivity contribution in [2.45, 2.75) is 19.3 Å². The minimum absolute atomic E-state index is 0.397. The van der Waals surface area contributed by atoms with Crippen LogP contribution in [0.3, 0.4) is 0 Å². The number of hydrogen-bond donors (Lipinski definition) is 1. The van der Waals surface area contributed by atoms with E-state index < -0.39 is 5.97 Å². The molecule has 1 aliphatic heterocycles. The average molecular weight is 296 g/mol. The van der Waals surface area contributed by atoms with Crippen molar-refractivity contribution in [1.29, 1.82) is 0 Å². The molecular weight excluding hydrogens is 282 g/mol. The van der Waals surface area contributed by atoms with Gasteiger partial charge in [0.05, 0.1) is 11.3 Å². The molecule has 1 saturated heterocycles. The van der Waals surface area contributed by atoms with E-state index in [9.17, 15) is 9.90 Å². The Kier molecular flexibility index (Phi) is 2.43. The van der Waals surface area contributed by atoms with E-state index in [0.717, 1.165) is 23.2 Å². The maximum absolute atomic E-state index is 11.2. The predicted molar refractivity (Wildman–Crippen MR) is 69.6 cm³/mol. The van der Waals surface area contributed by atoms with Gasteiger partial charge in [-0.25, -0.2) is 4.79 Å². The number of carbonyl (C=O) groups is 1. The number of carboxylic acids is 1. The number of carboxylic acid groups (broad SMARTS) is 1. The Balaban J connectivity index is 1.85. The van der Waals surface area contributed by atoms with Gasteiger partial charge in [0.1, 0.15) is 0 Å². The summed E-state index contributed by atoms with van der Waals surface area (Å²) in [5.74, 6) is -0.851. The number of rotatable bonds is 2. The summed E-state index contributed by atoms with van der Waals surface area (Å²) in [6.45, 7) is 2.05. The van der Waals surface area contributed by atoms with Gasteiger partial charge in [-0.1, -0.05) is 22.4 Å². The molecule has 1 heterocycles. The molecule has 0 amide bonds. The molecule has 1 aliphatic carbocycles. The minimum Gasteiger partial charge on any atom is -0.478 e.